The number of imide groups is 1. The highest BCUT2D eigenvalue weighted by Gasteiger charge is 2.71. The molecule has 33 heavy (non-hydrogen) atoms. The molecule has 7 heteroatoms. The van der Waals surface area contributed by atoms with E-state index in [-0.39, 0.29) is 5.69 Å². The van der Waals surface area contributed by atoms with Crippen LogP contribution < -0.4 is 4.90 Å². The average molecular weight is 442 g/mol. The van der Waals surface area contributed by atoms with Crippen molar-refractivity contribution in [3.05, 3.63) is 105 Å². The first kappa shape index (κ1) is 19.8. The molecule has 0 radical (unpaired) electrons. The van der Waals surface area contributed by atoms with Crippen LogP contribution in [0.5, 0.6) is 0 Å². The van der Waals surface area contributed by atoms with Crippen LogP contribution in [0.4, 0.5) is 15.8 Å². The van der Waals surface area contributed by atoms with E-state index in [1.807, 2.05) is 62.4 Å². The molecule has 3 aromatic carbocycles. The van der Waals surface area contributed by atoms with Gasteiger partial charge in [-0.15, -0.1) is 0 Å². The SMILES string of the molecule is CC12c3ccccc3C(C)(c3ccccc31)[C@H]1C(=O)N(c3ccc(F)cc3[N+](=O)[O-])C(=O)[C@@H]12. The maximum Gasteiger partial charge on any atom is 0.296 e. The Bertz CT molecular complexity index is 1290. The fraction of sp³-hybridized carbons (Fsp3) is 0.231. The molecule has 1 heterocycles. The van der Waals surface area contributed by atoms with Crippen LogP contribution in [0.1, 0.15) is 36.1 Å². The third kappa shape index (κ3) is 2.12. The van der Waals surface area contributed by atoms with E-state index >= 15 is 0 Å². The first-order valence-electron chi connectivity index (χ1n) is 10.7. The number of hydrogen-bond donors (Lipinski definition) is 0. The Hall–Kier alpha value is -3.87. The van der Waals surface area contributed by atoms with Gasteiger partial charge in [-0.1, -0.05) is 62.4 Å². The van der Waals surface area contributed by atoms with E-state index < -0.39 is 50.9 Å². The normalized spacial score (nSPS) is 29.0. The van der Waals surface area contributed by atoms with Crippen molar-refractivity contribution in [2.24, 2.45) is 11.8 Å². The maximum atomic E-state index is 14.0. The predicted octanol–water partition coefficient (Wildman–Crippen LogP) is 4.48. The summed E-state index contributed by atoms with van der Waals surface area (Å²) in [5, 5.41) is 11.7. The maximum absolute atomic E-state index is 14.0. The zero-order valence-electron chi connectivity index (χ0n) is 17.9. The number of carbonyl (C=O) groups excluding carboxylic acids is 2. The van der Waals surface area contributed by atoms with Gasteiger partial charge in [-0.3, -0.25) is 19.7 Å². The minimum absolute atomic E-state index is 0.189. The van der Waals surface area contributed by atoms with Crippen LogP contribution >= 0.6 is 0 Å². The third-order valence-corrected chi connectivity index (χ3v) is 8.02. The average Bonchev–Trinajstić information content (AvgIpc) is 3.08. The minimum atomic E-state index is -0.805. The zero-order chi connectivity index (χ0) is 23.3. The molecular weight excluding hydrogens is 423 g/mol. The second kappa shape index (κ2) is 6.13. The number of rotatable bonds is 2. The van der Waals surface area contributed by atoms with Crippen LogP contribution in [0, 0.1) is 27.8 Å². The highest BCUT2D eigenvalue weighted by molar-refractivity contribution is 6.25. The third-order valence-electron chi connectivity index (χ3n) is 8.02. The Morgan fingerprint density at radius 2 is 1.24 bits per heavy atom. The van der Waals surface area contributed by atoms with Crippen molar-refractivity contribution in [1.82, 2.24) is 0 Å². The van der Waals surface area contributed by atoms with Crippen molar-refractivity contribution in [3.8, 4) is 0 Å². The minimum Gasteiger partial charge on any atom is -0.274 e. The number of hydrogen-bond acceptors (Lipinski definition) is 4. The molecule has 6 nitrogen and oxygen atoms in total. The Kier molecular flexibility index (Phi) is 3.67. The van der Waals surface area contributed by atoms with Gasteiger partial charge >= 0.3 is 0 Å². The quantitative estimate of drug-likeness (QED) is 0.333. The highest BCUT2D eigenvalue weighted by Crippen LogP contribution is 2.66. The summed E-state index contributed by atoms with van der Waals surface area (Å²) in [4.78, 5) is 39.7. The van der Waals surface area contributed by atoms with Gasteiger partial charge in [0, 0.05) is 10.8 Å². The summed E-state index contributed by atoms with van der Waals surface area (Å²) in [5.74, 6) is -3.25. The van der Waals surface area contributed by atoms with E-state index in [1.165, 1.54) is 0 Å². The van der Waals surface area contributed by atoms with Gasteiger partial charge in [0.05, 0.1) is 22.8 Å². The molecule has 7 rings (SSSR count). The number of nitro benzene ring substituents is 1. The fourth-order valence-corrected chi connectivity index (χ4v) is 6.64. The molecule has 1 fully saturated rings. The van der Waals surface area contributed by atoms with E-state index in [1.54, 1.807) is 0 Å². The van der Waals surface area contributed by atoms with Gasteiger partial charge in [-0.2, -0.15) is 0 Å². The van der Waals surface area contributed by atoms with Crippen molar-refractivity contribution in [3.63, 3.8) is 0 Å². The van der Waals surface area contributed by atoms with Gasteiger partial charge in [0.15, 0.2) is 0 Å². The van der Waals surface area contributed by atoms with E-state index in [0.717, 1.165) is 45.4 Å². The summed E-state index contributed by atoms with van der Waals surface area (Å²) in [7, 11) is 0. The smallest absolute Gasteiger partial charge is 0.274 e. The van der Waals surface area contributed by atoms with Crippen molar-refractivity contribution >= 4 is 23.2 Å². The molecular formula is C26H19FN2O4. The van der Waals surface area contributed by atoms with Crippen LogP contribution in [0.2, 0.25) is 0 Å². The fourth-order valence-electron chi connectivity index (χ4n) is 6.64. The molecule has 3 aliphatic carbocycles. The molecule has 0 aromatic heterocycles. The van der Waals surface area contributed by atoms with Crippen molar-refractivity contribution in [2.75, 3.05) is 4.90 Å². The molecule has 1 saturated heterocycles. The number of nitro groups is 1. The second-order valence-corrected chi connectivity index (χ2v) is 9.35. The predicted molar refractivity (Wildman–Crippen MR) is 118 cm³/mol. The van der Waals surface area contributed by atoms with E-state index in [0.29, 0.717) is 0 Å². The van der Waals surface area contributed by atoms with Crippen molar-refractivity contribution in [2.45, 2.75) is 24.7 Å². The first-order chi connectivity index (χ1) is 15.7. The number of anilines is 1. The Balaban J connectivity index is 1.65. The van der Waals surface area contributed by atoms with Crippen LogP contribution in [-0.4, -0.2) is 16.7 Å². The number of carbonyl (C=O) groups is 2. The lowest BCUT2D eigenvalue weighted by atomic mass is 9.42. The standard InChI is InChI=1S/C26H19FN2O4/c1-25-15-7-3-5-9-17(15)26(2,18-10-6-4-8-16(18)25)22-21(25)23(30)28(24(22)31)19-12-11-14(27)13-20(19)29(32)33/h3-13,21-22H,1-2H3/t21-,22-,25?,26?/m1/s1. The lowest BCUT2D eigenvalue weighted by Gasteiger charge is -2.57. The van der Waals surface area contributed by atoms with E-state index in [9.17, 15) is 24.1 Å². The van der Waals surface area contributed by atoms with Gasteiger partial charge in [0.1, 0.15) is 11.5 Å². The summed E-state index contributed by atoms with van der Waals surface area (Å²) in [6.45, 7) is 3.96. The van der Waals surface area contributed by atoms with E-state index in [2.05, 4.69) is 0 Å². The summed E-state index contributed by atoms with van der Waals surface area (Å²) in [6, 6.07) is 18.6. The number of nitrogens with zero attached hydrogens (tertiary/aromatic N) is 2. The number of benzene rings is 3. The van der Waals surface area contributed by atoms with Gasteiger partial charge in [-0.05, 0) is 34.4 Å². The van der Waals surface area contributed by atoms with Crippen LogP contribution in [0.3, 0.4) is 0 Å². The van der Waals surface area contributed by atoms with Crippen molar-refractivity contribution < 1.29 is 18.9 Å². The molecule has 2 amide bonds. The number of halogens is 1. The van der Waals surface area contributed by atoms with Crippen LogP contribution in [0.15, 0.2) is 66.7 Å². The molecule has 0 N–H and O–H groups in total. The molecule has 164 valence electrons. The summed E-state index contributed by atoms with van der Waals surface area (Å²) in [5.41, 5.74) is 1.59. The first-order valence-corrected chi connectivity index (χ1v) is 10.7. The van der Waals surface area contributed by atoms with Crippen molar-refractivity contribution in [1.29, 1.82) is 0 Å². The monoisotopic (exact) mass is 442 g/mol. The molecule has 1 aliphatic heterocycles. The van der Waals surface area contributed by atoms with Crippen LogP contribution in [0.25, 0.3) is 0 Å². The summed E-state index contributed by atoms with van der Waals surface area (Å²) >= 11 is 0. The molecule has 0 spiro atoms. The second-order valence-electron chi connectivity index (χ2n) is 9.35. The van der Waals surface area contributed by atoms with Gasteiger partial charge in [0.25, 0.3) is 5.69 Å². The van der Waals surface area contributed by atoms with Gasteiger partial charge in [-0.25, -0.2) is 9.29 Å². The van der Waals surface area contributed by atoms with Gasteiger partial charge in [0.2, 0.25) is 11.8 Å². The molecule has 4 aliphatic rings. The molecule has 0 saturated carbocycles. The Morgan fingerprint density at radius 3 is 1.64 bits per heavy atom. The topological polar surface area (TPSA) is 80.5 Å². The molecule has 0 unspecified atom stereocenters. The molecule has 3 aromatic rings. The number of amides is 2. The summed E-state index contributed by atoms with van der Waals surface area (Å²) < 4.78 is 13.8. The summed E-state index contributed by atoms with van der Waals surface area (Å²) in [6.07, 6.45) is 0. The van der Waals surface area contributed by atoms with E-state index in [4.69, 9.17) is 0 Å². The van der Waals surface area contributed by atoms with Gasteiger partial charge < -0.3 is 0 Å². The van der Waals surface area contributed by atoms with Crippen LogP contribution in [-0.2, 0) is 20.4 Å². The Morgan fingerprint density at radius 1 is 0.818 bits per heavy atom. The lowest BCUT2D eigenvalue weighted by Crippen LogP contribution is -2.59. The molecule has 2 bridgehead atoms. The highest BCUT2D eigenvalue weighted by atomic mass is 19.1. The lowest BCUT2D eigenvalue weighted by molar-refractivity contribution is -0.384. The Labute approximate surface area is 188 Å². The largest absolute Gasteiger partial charge is 0.296 e. The zero-order valence-corrected chi connectivity index (χ0v) is 17.9. The molecule has 2 atom stereocenters.